The predicted octanol–water partition coefficient (Wildman–Crippen LogP) is 2.58. The highest BCUT2D eigenvalue weighted by Crippen LogP contribution is 2.16. The summed E-state index contributed by atoms with van der Waals surface area (Å²) in [6.07, 6.45) is 7.67. The molecule has 1 atom stereocenters. The molecule has 1 fully saturated rings. The van der Waals surface area contributed by atoms with E-state index in [2.05, 4.69) is 41.2 Å². The van der Waals surface area contributed by atoms with Gasteiger partial charge in [-0.15, -0.1) is 0 Å². The van der Waals surface area contributed by atoms with E-state index in [0.29, 0.717) is 0 Å². The molecule has 1 aromatic rings. The summed E-state index contributed by atoms with van der Waals surface area (Å²) in [5.41, 5.74) is 1.40. The standard InChI is InChI=1S/C17H29N3/c1-15(2)12-19-13-17-4-3-10-20(14-17)11-7-16-5-8-18-9-6-16/h5-6,8-9,15,17,19H,3-4,7,10-14H2,1-2H3. The minimum atomic E-state index is 0.751. The van der Waals surface area contributed by atoms with Crippen LogP contribution in [0.4, 0.5) is 0 Å². The Morgan fingerprint density at radius 3 is 2.90 bits per heavy atom. The van der Waals surface area contributed by atoms with Crippen LogP contribution in [-0.2, 0) is 6.42 Å². The van der Waals surface area contributed by atoms with Crippen LogP contribution in [0, 0.1) is 11.8 Å². The second-order valence-corrected chi connectivity index (χ2v) is 6.47. The van der Waals surface area contributed by atoms with Crippen LogP contribution in [0.3, 0.4) is 0 Å². The summed E-state index contributed by atoms with van der Waals surface area (Å²) in [6, 6.07) is 4.26. The largest absolute Gasteiger partial charge is 0.316 e. The van der Waals surface area contributed by atoms with Gasteiger partial charge in [-0.25, -0.2) is 0 Å². The van der Waals surface area contributed by atoms with Gasteiger partial charge in [0.1, 0.15) is 0 Å². The molecule has 1 unspecified atom stereocenters. The smallest absolute Gasteiger partial charge is 0.0270 e. The van der Waals surface area contributed by atoms with Crippen molar-refractivity contribution in [1.29, 1.82) is 0 Å². The van der Waals surface area contributed by atoms with Gasteiger partial charge in [0.05, 0.1) is 0 Å². The minimum Gasteiger partial charge on any atom is -0.316 e. The van der Waals surface area contributed by atoms with E-state index in [1.165, 1.54) is 44.6 Å². The molecule has 2 rings (SSSR count). The first-order chi connectivity index (χ1) is 9.74. The quantitative estimate of drug-likeness (QED) is 0.829. The third-order valence-corrected chi connectivity index (χ3v) is 4.05. The number of pyridine rings is 1. The summed E-state index contributed by atoms with van der Waals surface area (Å²) in [4.78, 5) is 6.71. The van der Waals surface area contributed by atoms with Crippen LogP contribution < -0.4 is 5.32 Å². The molecule has 0 spiro atoms. The van der Waals surface area contributed by atoms with E-state index in [1.54, 1.807) is 0 Å². The minimum absolute atomic E-state index is 0.751. The van der Waals surface area contributed by atoms with E-state index in [9.17, 15) is 0 Å². The lowest BCUT2D eigenvalue weighted by molar-refractivity contribution is 0.173. The monoisotopic (exact) mass is 275 g/mol. The molecule has 0 amide bonds. The summed E-state index contributed by atoms with van der Waals surface area (Å²) >= 11 is 0. The summed E-state index contributed by atoms with van der Waals surface area (Å²) in [5.74, 6) is 1.58. The number of rotatable bonds is 7. The van der Waals surface area contributed by atoms with Gasteiger partial charge in [0.25, 0.3) is 0 Å². The second-order valence-electron chi connectivity index (χ2n) is 6.47. The zero-order valence-corrected chi connectivity index (χ0v) is 13.0. The molecular formula is C17H29N3. The third-order valence-electron chi connectivity index (χ3n) is 4.05. The van der Waals surface area contributed by atoms with Gasteiger partial charge in [-0.2, -0.15) is 0 Å². The van der Waals surface area contributed by atoms with Gasteiger partial charge in [-0.3, -0.25) is 4.98 Å². The number of hydrogen-bond acceptors (Lipinski definition) is 3. The van der Waals surface area contributed by atoms with E-state index in [0.717, 1.165) is 24.8 Å². The number of hydrogen-bond donors (Lipinski definition) is 1. The number of likely N-dealkylation sites (tertiary alicyclic amines) is 1. The molecule has 1 aliphatic rings. The SMILES string of the molecule is CC(C)CNCC1CCCN(CCc2ccncc2)C1. The van der Waals surface area contributed by atoms with Crippen LogP contribution in [-0.4, -0.2) is 42.6 Å². The molecule has 1 aliphatic heterocycles. The maximum absolute atomic E-state index is 4.08. The fourth-order valence-corrected chi connectivity index (χ4v) is 2.93. The molecular weight excluding hydrogens is 246 g/mol. The summed E-state index contributed by atoms with van der Waals surface area (Å²) in [5, 5.41) is 3.61. The van der Waals surface area contributed by atoms with Crippen molar-refractivity contribution in [3.05, 3.63) is 30.1 Å². The highest BCUT2D eigenvalue weighted by Gasteiger charge is 2.19. The summed E-state index contributed by atoms with van der Waals surface area (Å²) < 4.78 is 0. The fourth-order valence-electron chi connectivity index (χ4n) is 2.93. The molecule has 1 saturated heterocycles. The Bertz CT molecular complexity index is 364. The normalized spacial score (nSPS) is 20.4. The van der Waals surface area contributed by atoms with Crippen molar-refractivity contribution in [2.75, 3.05) is 32.7 Å². The number of aromatic nitrogens is 1. The van der Waals surface area contributed by atoms with E-state index < -0.39 is 0 Å². The van der Waals surface area contributed by atoms with Crippen molar-refractivity contribution in [2.45, 2.75) is 33.1 Å². The topological polar surface area (TPSA) is 28.2 Å². The zero-order chi connectivity index (χ0) is 14.2. The Morgan fingerprint density at radius 2 is 2.15 bits per heavy atom. The lowest BCUT2D eigenvalue weighted by Gasteiger charge is -2.33. The molecule has 112 valence electrons. The Morgan fingerprint density at radius 1 is 1.35 bits per heavy atom. The van der Waals surface area contributed by atoms with Gasteiger partial charge < -0.3 is 10.2 Å². The second kappa shape index (κ2) is 8.38. The Labute approximate surface area is 123 Å². The average molecular weight is 275 g/mol. The van der Waals surface area contributed by atoms with Crippen LogP contribution in [0.5, 0.6) is 0 Å². The summed E-state index contributed by atoms with van der Waals surface area (Å²) in [7, 11) is 0. The van der Waals surface area contributed by atoms with Crippen molar-refractivity contribution in [2.24, 2.45) is 11.8 Å². The highest BCUT2D eigenvalue weighted by atomic mass is 15.1. The number of nitrogens with zero attached hydrogens (tertiary/aromatic N) is 2. The Hall–Kier alpha value is -0.930. The molecule has 20 heavy (non-hydrogen) atoms. The molecule has 0 saturated carbocycles. The predicted molar refractivity (Wildman–Crippen MR) is 84.8 cm³/mol. The van der Waals surface area contributed by atoms with Crippen LogP contribution in [0.25, 0.3) is 0 Å². The van der Waals surface area contributed by atoms with Gasteiger partial charge in [0.2, 0.25) is 0 Å². The molecule has 0 radical (unpaired) electrons. The van der Waals surface area contributed by atoms with Crippen molar-refractivity contribution >= 4 is 0 Å². The molecule has 1 aromatic heterocycles. The van der Waals surface area contributed by atoms with E-state index in [-0.39, 0.29) is 0 Å². The van der Waals surface area contributed by atoms with Crippen molar-refractivity contribution < 1.29 is 0 Å². The van der Waals surface area contributed by atoms with Crippen molar-refractivity contribution in [3.8, 4) is 0 Å². The van der Waals surface area contributed by atoms with Gasteiger partial charge in [-0.1, -0.05) is 13.8 Å². The maximum atomic E-state index is 4.08. The average Bonchev–Trinajstić information content (AvgIpc) is 2.46. The van der Waals surface area contributed by atoms with Crippen LogP contribution in [0.1, 0.15) is 32.3 Å². The molecule has 3 heteroatoms. The molecule has 0 aromatic carbocycles. The van der Waals surface area contributed by atoms with Crippen LogP contribution >= 0.6 is 0 Å². The molecule has 1 N–H and O–H groups in total. The third kappa shape index (κ3) is 5.59. The van der Waals surface area contributed by atoms with E-state index >= 15 is 0 Å². The van der Waals surface area contributed by atoms with Gasteiger partial charge >= 0.3 is 0 Å². The molecule has 2 heterocycles. The Balaban J connectivity index is 1.68. The van der Waals surface area contributed by atoms with Crippen molar-refractivity contribution in [1.82, 2.24) is 15.2 Å². The number of nitrogens with one attached hydrogen (secondary N) is 1. The summed E-state index contributed by atoms with van der Waals surface area (Å²) in [6.45, 7) is 10.6. The molecule has 0 aliphatic carbocycles. The first kappa shape index (κ1) is 15.5. The maximum Gasteiger partial charge on any atom is 0.0270 e. The van der Waals surface area contributed by atoms with Crippen LogP contribution in [0.15, 0.2) is 24.5 Å². The first-order valence-corrected chi connectivity index (χ1v) is 8.06. The Kier molecular flexibility index (Phi) is 6.48. The van der Waals surface area contributed by atoms with Crippen LogP contribution in [0.2, 0.25) is 0 Å². The van der Waals surface area contributed by atoms with Gasteiger partial charge in [0, 0.05) is 25.5 Å². The molecule has 0 bridgehead atoms. The van der Waals surface area contributed by atoms with Gasteiger partial charge in [0.15, 0.2) is 0 Å². The first-order valence-electron chi connectivity index (χ1n) is 8.06. The molecule has 3 nitrogen and oxygen atoms in total. The lowest BCUT2D eigenvalue weighted by Crippen LogP contribution is -2.41. The van der Waals surface area contributed by atoms with E-state index in [1.807, 2.05) is 12.4 Å². The van der Waals surface area contributed by atoms with E-state index in [4.69, 9.17) is 0 Å². The highest BCUT2D eigenvalue weighted by molar-refractivity contribution is 5.09. The van der Waals surface area contributed by atoms with Gasteiger partial charge in [-0.05, 0) is 68.4 Å². The lowest BCUT2D eigenvalue weighted by atomic mass is 9.97. The zero-order valence-electron chi connectivity index (χ0n) is 13.0. The van der Waals surface area contributed by atoms with Crippen molar-refractivity contribution in [3.63, 3.8) is 0 Å². The fraction of sp³-hybridized carbons (Fsp3) is 0.706. The number of piperidine rings is 1.